The van der Waals surface area contributed by atoms with Gasteiger partial charge >= 0.3 is 5.97 Å². The first kappa shape index (κ1) is 21.9. The van der Waals surface area contributed by atoms with Crippen molar-refractivity contribution in [2.24, 2.45) is 0 Å². The quantitative estimate of drug-likeness (QED) is 0.425. The van der Waals surface area contributed by atoms with E-state index in [0.717, 1.165) is 28.8 Å². The number of benzene rings is 2. The van der Waals surface area contributed by atoms with Crippen LogP contribution in [0.4, 0.5) is 5.69 Å². The molecule has 3 aromatic rings. The molecule has 2 aromatic carbocycles. The maximum absolute atomic E-state index is 12.8. The molecule has 1 unspecified atom stereocenters. The zero-order valence-corrected chi connectivity index (χ0v) is 18.8. The largest absolute Gasteiger partial charge is 0.493 e. The third-order valence-corrected chi connectivity index (χ3v) is 6.80. The van der Waals surface area contributed by atoms with Crippen molar-refractivity contribution < 1.29 is 24.2 Å². The summed E-state index contributed by atoms with van der Waals surface area (Å²) in [5.74, 6) is -0.283. The van der Waals surface area contributed by atoms with E-state index in [1.807, 2.05) is 48.5 Å². The van der Waals surface area contributed by atoms with E-state index < -0.39 is 5.97 Å². The van der Waals surface area contributed by atoms with Crippen LogP contribution in [-0.4, -0.2) is 30.7 Å². The van der Waals surface area contributed by atoms with E-state index in [4.69, 9.17) is 9.47 Å². The van der Waals surface area contributed by atoms with Crippen LogP contribution in [-0.2, 0) is 4.79 Å². The number of hydrogen-bond donors (Lipinski definition) is 2. The van der Waals surface area contributed by atoms with Crippen molar-refractivity contribution in [2.45, 2.75) is 32.1 Å². The summed E-state index contributed by atoms with van der Waals surface area (Å²) in [6.07, 6.45) is 2.10. The predicted octanol–water partition coefficient (Wildman–Crippen LogP) is 5.77. The van der Waals surface area contributed by atoms with Crippen molar-refractivity contribution in [3.8, 4) is 22.6 Å². The Morgan fingerprint density at radius 2 is 1.97 bits per heavy atom. The number of anilines is 1. The number of amides is 1. The topological polar surface area (TPSA) is 84.9 Å². The number of thiophene rings is 1. The monoisotopic (exact) mass is 451 g/mol. The van der Waals surface area contributed by atoms with Crippen LogP contribution >= 0.6 is 11.3 Å². The summed E-state index contributed by atoms with van der Waals surface area (Å²) >= 11 is 1.21. The molecule has 1 aliphatic heterocycles. The molecule has 32 heavy (non-hydrogen) atoms. The van der Waals surface area contributed by atoms with Crippen molar-refractivity contribution in [2.75, 3.05) is 19.0 Å². The molecule has 4 rings (SSSR count). The Morgan fingerprint density at radius 3 is 2.66 bits per heavy atom. The molecule has 0 saturated carbocycles. The molecule has 7 heteroatoms. The fourth-order valence-electron chi connectivity index (χ4n) is 4.01. The summed E-state index contributed by atoms with van der Waals surface area (Å²) in [7, 11) is 1.59. The van der Waals surface area contributed by atoms with Gasteiger partial charge in [0.2, 0.25) is 5.91 Å². The van der Waals surface area contributed by atoms with Gasteiger partial charge in [-0.3, -0.25) is 4.79 Å². The standard InChI is InChI=1S/C25H25NO5S/c1-3-4-13-31-22-16(11-8-12-18(22)30-2)17-14-19(27)26-21-20(15-9-6-5-7-10-15)24(25(28)29)32-23(17)21/h5-12,17H,3-4,13-14H2,1-2H3,(H,26,27)(H,28,29). The highest BCUT2D eigenvalue weighted by atomic mass is 32.1. The summed E-state index contributed by atoms with van der Waals surface area (Å²) < 4.78 is 11.6. The number of ether oxygens (including phenoxy) is 2. The Balaban J connectivity index is 1.89. The molecule has 1 atom stereocenters. The molecule has 2 heterocycles. The van der Waals surface area contributed by atoms with Crippen molar-refractivity contribution in [1.82, 2.24) is 0 Å². The number of nitrogens with one attached hydrogen (secondary N) is 1. The summed E-state index contributed by atoms with van der Waals surface area (Å²) in [6, 6.07) is 14.9. The number of carboxylic acids is 1. The summed E-state index contributed by atoms with van der Waals surface area (Å²) in [5, 5.41) is 12.9. The van der Waals surface area contributed by atoms with Gasteiger partial charge in [0, 0.05) is 28.3 Å². The van der Waals surface area contributed by atoms with Crippen LogP contribution in [0.2, 0.25) is 0 Å². The number of methoxy groups -OCH3 is 1. The number of rotatable bonds is 8. The molecule has 0 spiro atoms. The minimum atomic E-state index is -1.01. The summed E-state index contributed by atoms with van der Waals surface area (Å²) in [5.41, 5.74) is 2.71. The van der Waals surface area contributed by atoms with Crippen molar-refractivity contribution in [1.29, 1.82) is 0 Å². The molecule has 1 aliphatic rings. The Labute approximate surface area is 190 Å². The molecule has 0 bridgehead atoms. The number of fused-ring (bicyclic) bond motifs is 1. The Kier molecular flexibility index (Phi) is 6.46. The van der Waals surface area contributed by atoms with Gasteiger partial charge in [0.15, 0.2) is 11.5 Å². The van der Waals surface area contributed by atoms with Gasteiger partial charge in [0.25, 0.3) is 0 Å². The highest BCUT2D eigenvalue weighted by molar-refractivity contribution is 7.15. The van der Waals surface area contributed by atoms with Gasteiger partial charge in [0.05, 0.1) is 19.4 Å². The molecule has 2 N–H and O–H groups in total. The molecule has 0 aliphatic carbocycles. The van der Waals surface area contributed by atoms with Crippen LogP contribution < -0.4 is 14.8 Å². The fraction of sp³-hybridized carbons (Fsp3) is 0.280. The Morgan fingerprint density at radius 1 is 1.19 bits per heavy atom. The van der Waals surface area contributed by atoms with Crippen LogP contribution in [0.25, 0.3) is 11.1 Å². The van der Waals surface area contributed by atoms with Crippen LogP contribution in [0.3, 0.4) is 0 Å². The van der Waals surface area contributed by atoms with Crippen LogP contribution in [0.15, 0.2) is 48.5 Å². The number of carbonyl (C=O) groups is 2. The molecule has 1 amide bonds. The average Bonchev–Trinajstić information content (AvgIpc) is 3.19. The lowest BCUT2D eigenvalue weighted by Crippen LogP contribution is -2.23. The number of unbranched alkanes of at least 4 members (excludes halogenated alkanes) is 1. The molecular formula is C25H25NO5S. The number of para-hydroxylation sites is 1. The number of hydrogen-bond acceptors (Lipinski definition) is 5. The number of aromatic carboxylic acids is 1. The van der Waals surface area contributed by atoms with Gasteiger partial charge in [-0.05, 0) is 18.1 Å². The van der Waals surface area contributed by atoms with E-state index in [-0.39, 0.29) is 23.1 Å². The molecule has 6 nitrogen and oxygen atoms in total. The molecule has 0 radical (unpaired) electrons. The minimum absolute atomic E-state index is 0.156. The lowest BCUT2D eigenvalue weighted by molar-refractivity contribution is -0.116. The van der Waals surface area contributed by atoms with E-state index in [0.29, 0.717) is 29.4 Å². The van der Waals surface area contributed by atoms with Gasteiger partial charge in [-0.1, -0.05) is 55.8 Å². The van der Waals surface area contributed by atoms with E-state index >= 15 is 0 Å². The number of carbonyl (C=O) groups excluding carboxylic acids is 1. The van der Waals surface area contributed by atoms with Gasteiger partial charge < -0.3 is 19.9 Å². The SMILES string of the molecule is CCCCOc1c(OC)cccc1C1CC(=O)Nc2c1sc(C(=O)O)c2-c1ccccc1. The molecular weight excluding hydrogens is 426 g/mol. The van der Waals surface area contributed by atoms with E-state index in [1.165, 1.54) is 11.3 Å². The van der Waals surface area contributed by atoms with E-state index in [1.54, 1.807) is 7.11 Å². The average molecular weight is 452 g/mol. The lowest BCUT2D eigenvalue weighted by Gasteiger charge is -2.26. The Bertz CT molecular complexity index is 1140. The van der Waals surface area contributed by atoms with E-state index in [9.17, 15) is 14.7 Å². The second kappa shape index (κ2) is 9.44. The van der Waals surface area contributed by atoms with Gasteiger partial charge in [0.1, 0.15) is 4.88 Å². The van der Waals surface area contributed by atoms with E-state index in [2.05, 4.69) is 12.2 Å². The van der Waals surface area contributed by atoms with Crippen molar-refractivity contribution in [3.63, 3.8) is 0 Å². The van der Waals surface area contributed by atoms with Gasteiger partial charge in [-0.25, -0.2) is 4.79 Å². The van der Waals surface area contributed by atoms with Crippen molar-refractivity contribution >= 4 is 28.9 Å². The lowest BCUT2D eigenvalue weighted by atomic mass is 9.88. The highest BCUT2D eigenvalue weighted by Crippen LogP contribution is 2.51. The maximum atomic E-state index is 12.8. The molecule has 0 saturated heterocycles. The highest BCUT2D eigenvalue weighted by Gasteiger charge is 2.36. The molecule has 1 aromatic heterocycles. The number of carboxylic acid groups (broad SMARTS) is 1. The predicted molar refractivity (Wildman–Crippen MR) is 125 cm³/mol. The van der Waals surface area contributed by atoms with Gasteiger partial charge in [-0.2, -0.15) is 0 Å². The fourth-order valence-corrected chi connectivity index (χ4v) is 5.25. The molecule has 166 valence electrons. The Hall–Kier alpha value is -3.32. The molecule has 0 fully saturated rings. The first-order valence-electron chi connectivity index (χ1n) is 10.6. The normalized spacial score (nSPS) is 15.1. The third-order valence-electron chi connectivity index (χ3n) is 5.51. The maximum Gasteiger partial charge on any atom is 0.346 e. The zero-order chi connectivity index (χ0) is 22.7. The van der Waals surface area contributed by atoms with Crippen LogP contribution in [0.5, 0.6) is 11.5 Å². The summed E-state index contributed by atoms with van der Waals surface area (Å²) in [4.78, 5) is 25.9. The second-order valence-corrected chi connectivity index (χ2v) is 8.65. The van der Waals surface area contributed by atoms with Gasteiger partial charge in [-0.15, -0.1) is 11.3 Å². The van der Waals surface area contributed by atoms with Crippen LogP contribution in [0, 0.1) is 0 Å². The minimum Gasteiger partial charge on any atom is -0.493 e. The van der Waals surface area contributed by atoms with Crippen molar-refractivity contribution in [3.05, 3.63) is 63.8 Å². The first-order valence-corrected chi connectivity index (χ1v) is 11.4. The second-order valence-electron chi connectivity index (χ2n) is 7.60. The summed E-state index contributed by atoms with van der Waals surface area (Å²) in [6.45, 7) is 2.63. The first-order chi connectivity index (χ1) is 15.5. The smallest absolute Gasteiger partial charge is 0.346 e. The zero-order valence-electron chi connectivity index (χ0n) is 18.0. The van der Waals surface area contributed by atoms with Crippen LogP contribution in [0.1, 0.15) is 52.2 Å². The third kappa shape index (κ3) is 4.08.